The molecular weight excluding hydrogens is 432 g/mol. The van der Waals surface area contributed by atoms with Gasteiger partial charge in [-0.25, -0.2) is 0 Å². The van der Waals surface area contributed by atoms with Gasteiger partial charge in [0.2, 0.25) is 0 Å². The molecule has 0 heterocycles. The van der Waals surface area contributed by atoms with E-state index < -0.39 is 35.1 Å². The van der Waals surface area contributed by atoms with Crippen LogP contribution in [-0.4, -0.2) is 35.7 Å². The number of benzene rings is 2. The van der Waals surface area contributed by atoms with Gasteiger partial charge in [-0.2, -0.15) is 26.3 Å². The Morgan fingerprint density at radius 1 is 0.719 bits per heavy atom. The van der Waals surface area contributed by atoms with Crippen LogP contribution in [0, 0.1) is 5.92 Å². The number of hydrogen-bond acceptors (Lipinski definition) is 2. The highest BCUT2D eigenvalue weighted by molar-refractivity contribution is 5.35. The predicted octanol–water partition coefficient (Wildman–Crippen LogP) is 6.07. The number of halogens is 6. The molecule has 3 atom stereocenters. The van der Waals surface area contributed by atoms with Crippen LogP contribution < -0.4 is 0 Å². The first-order valence-electron chi connectivity index (χ1n) is 10.5. The van der Waals surface area contributed by atoms with Crippen molar-refractivity contribution in [2.45, 2.75) is 55.1 Å². The fourth-order valence-electron chi connectivity index (χ4n) is 5.75. The van der Waals surface area contributed by atoms with Crippen molar-refractivity contribution in [3.63, 3.8) is 0 Å². The Kier molecular flexibility index (Phi) is 5.61. The normalized spacial score (nSPS) is 30.7. The van der Waals surface area contributed by atoms with Gasteiger partial charge in [-0.05, 0) is 86.5 Å². The Morgan fingerprint density at radius 3 is 1.41 bits per heavy atom. The molecule has 2 nitrogen and oxygen atoms in total. The van der Waals surface area contributed by atoms with Crippen molar-refractivity contribution in [3.05, 3.63) is 70.8 Å². The van der Waals surface area contributed by atoms with Gasteiger partial charge < -0.3 is 10.0 Å². The molecule has 32 heavy (non-hydrogen) atoms. The average Bonchev–Trinajstić information content (AvgIpc) is 2.72. The summed E-state index contributed by atoms with van der Waals surface area (Å²) < 4.78 is 78.1. The van der Waals surface area contributed by atoms with Crippen molar-refractivity contribution in [3.8, 4) is 0 Å². The third-order valence-corrected chi connectivity index (χ3v) is 7.44. The Labute approximate surface area is 182 Å². The van der Waals surface area contributed by atoms with Crippen LogP contribution in [0.3, 0.4) is 0 Å². The van der Waals surface area contributed by atoms with E-state index in [-0.39, 0.29) is 17.8 Å². The van der Waals surface area contributed by atoms with E-state index in [0.717, 1.165) is 24.3 Å². The van der Waals surface area contributed by atoms with Gasteiger partial charge in [0.05, 0.1) is 17.2 Å². The van der Waals surface area contributed by atoms with Crippen LogP contribution in [0.5, 0.6) is 0 Å². The number of rotatable bonds is 3. The highest BCUT2D eigenvalue weighted by atomic mass is 19.4. The molecule has 3 aliphatic carbocycles. The van der Waals surface area contributed by atoms with Crippen molar-refractivity contribution in [1.29, 1.82) is 0 Å². The van der Waals surface area contributed by atoms with E-state index in [1.54, 1.807) is 0 Å². The van der Waals surface area contributed by atoms with E-state index in [1.807, 2.05) is 19.0 Å². The van der Waals surface area contributed by atoms with E-state index in [2.05, 4.69) is 0 Å². The van der Waals surface area contributed by atoms with Crippen LogP contribution in [-0.2, 0) is 12.4 Å². The minimum Gasteiger partial charge on any atom is -0.393 e. The first-order valence-corrected chi connectivity index (χ1v) is 10.5. The molecule has 0 amide bonds. The molecule has 0 spiro atoms. The van der Waals surface area contributed by atoms with E-state index in [9.17, 15) is 31.4 Å². The molecule has 0 radical (unpaired) electrons. The summed E-state index contributed by atoms with van der Waals surface area (Å²) in [5.41, 5.74) is -0.433. The summed E-state index contributed by atoms with van der Waals surface area (Å²) in [7, 11) is 3.82. The molecule has 1 N–H and O–H groups in total. The summed E-state index contributed by atoms with van der Waals surface area (Å²) in [5, 5.41) is 11.1. The summed E-state index contributed by atoms with van der Waals surface area (Å²) in [6, 6.07) is 10.1. The number of nitrogens with zero attached hydrogens (tertiary/aromatic N) is 1. The fourth-order valence-corrected chi connectivity index (χ4v) is 5.75. The largest absolute Gasteiger partial charge is 0.416 e. The Morgan fingerprint density at radius 2 is 1.09 bits per heavy atom. The minimum atomic E-state index is -4.43. The van der Waals surface area contributed by atoms with Crippen LogP contribution in [0.1, 0.15) is 53.4 Å². The summed E-state index contributed by atoms with van der Waals surface area (Å²) in [6.45, 7) is 0. The Hall–Kier alpha value is -2.06. The van der Waals surface area contributed by atoms with E-state index in [4.69, 9.17) is 0 Å². The maximum Gasteiger partial charge on any atom is 0.416 e. The van der Waals surface area contributed by atoms with Crippen LogP contribution >= 0.6 is 0 Å². The van der Waals surface area contributed by atoms with Crippen LogP contribution in [0.2, 0.25) is 0 Å². The Bertz CT molecular complexity index is 881. The lowest BCUT2D eigenvalue weighted by Gasteiger charge is -2.59. The number of hydrogen-bond donors (Lipinski definition) is 1. The standard InChI is InChI=1S/C24H25F6NO/c1-31(2)22-11-18(14-3-7-16(8-4-14)23(25,26)27)21(20(32)13-22)19(12-22)15-5-9-17(10-6-15)24(28,29)30/h3-10,18-21,32H,11-13H2,1-2H3/t18-,19-,20-,21?,22?/m0/s1. The monoisotopic (exact) mass is 457 g/mol. The molecule has 0 unspecified atom stereocenters. The lowest BCUT2D eigenvalue weighted by Crippen LogP contribution is -2.60. The molecule has 0 saturated heterocycles. The summed E-state index contributed by atoms with van der Waals surface area (Å²) in [5.74, 6) is -0.695. The number of alkyl halides is 6. The predicted molar refractivity (Wildman–Crippen MR) is 108 cm³/mol. The molecule has 2 aromatic carbocycles. The molecule has 5 rings (SSSR count). The van der Waals surface area contributed by atoms with Gasteiger partial charge in [0.1, 0.15) is 0 Å². The topological polar surface area (TPSA) is 23.5 Å². The number of aliphatic hydroxyl groups excluding tert-OH is 1. The highest BCUT2D eigenvalue weighted by Crippen LogP contribution is 2.59. The molecule has 0 aliphatic heterocycles. The number of aliphatic hydroxyl groups is 1. The lowest BCUT2D eigenvalue weighted by molar-refractivity contribution is -0.138. The van der Waals surface area contributed by atoms with E-state index >= 15 is 0 Å². The summed E-state index contributed by atoms with van der Waals surface area (Å²) >= 11 is 0. The number of fused-ring (bicyclic) bond motifs is 3. The minimum absolute atomic E-state index is 0.204. The molecule has 2 bridgehead atoms. The van der Waals surface area contributed by atoms with Gasteiger partial charge in [0, 0.05) is 5.54 Å². The van der Waals surface area contributed by atoms with Crippen LogP contribution in [0.4, 0.5) is 26.3 Å². The second-order valence-electron chi connectivity index (χ2n) is 9.33. The molecule has 3 saturated carbocycles. The van der Waals surface area contributed by atoms with Gasteiger partial charge in [-0.3, -0.25) is 0 Å². The van der Waals surface area contributed by atoms with Crippen LogP contribution in [0.25, 0.3) is 0 Å². The second kappa shape index (κ2) is 7.76. The van der Waals surface area contributed by atoms with Gasteiger partial charge in [0.25, 0.3) is 0 Å². The summed E-state index contributed by atoms with van der Waals surface area (Å²) in [4.78, 5) is 2.04. The molecule has 3 fully saturated rings. The van der Waals surface area contributed by atoms with Gasteiger partial charge >= 0.3 is 12.4 Å². The second-order valence-corrected chi connectivity index (χ2v) is 9.33. The van der Waals surface area contributed by atoms with E-state index in [1.165, 1.54) is 24.3 Å². The maximum absolute atomic E-state index is 13.0. The molecule has 2 aromatic rings. The molecule has 174 valence electrons. The molecular formula is C24H25F6NO. The van der Waals surface area contributed by atoms with Crippen molar-refractivity contribution in [2.24, 2.45) is 5.92 Å². The zero-order valence-corrected chi connectivity index (χ0v) is 17.7. The first kappa shape index (κ1) is 23.1. The quantitative estimate of drug-likeness (QED) is 0.566. The third-order valence-electron chi connectivity index (χ3n) is 7.44. The SMILES string of the molecule is CN(C)C12C[C@H](O)C([C@H](c3ccc(C(F)(F)F)cc3)C1)[C@H](c1ccc(C(F)(F)F)cc1)C2. The molecule has 3 aliphatic rings. The lowest BCUT2D eigenvalue weighted by atomic mass is 9.52. The van der Waals surface area contributed by atoms with Gasteiger partial charge in [-0.15, -0.1) is 0 Å². The highest BCUT2D eigenvalue weighted by Gasteiger charge is 2.56. The smallest absolute Gasteiger partial charge is 0.393 e. The van der Waals surface area contributed by atoms with Crippen LogP contribution in [0.15, 0.2) is 48.5 Å². The maximum atomic E-state index is 13.0. The van der Waals surface area contributed by atoms with Gasteiger partial charge in [0.15, 0.2) is 0 Å². The first-order chi connectivity index (χ1) is 14.8. The average molecular weight is 457 g/mol. The van der Waals surface area contributed by atoms with E-state index in [0.29, 0.717) is 30.4 Å². The zero-order chi connectivity index (χ0) is 23.5. The van der Waals surface area contributed by atoms with Crippen molar-refractivity contribution in [2.75, 3.05) is 14.1 Å². The zero-order valence-electron chi connectivity index (χ0n) is 17.7. The molecule has 0 aromatic heterocycles. The Balaban J connectivity index is 1.73. The van der Waals surface area contributed by atoms with Gasteiger partial charge in [-0.1, -0.05) is 24.3 Å². The van der Waals surface area contributed by atoms with Crippen molar-refractivity contribution in [1.82, 2.24) is 4.90 Å². The van der Waals surface area contributed by atoms with Crippen molar-refractivity contribution < 1.29 is 31.4 Å². The van der Waals surface area contributed by atoms with Crippen molar-refractivity contribution >= 4 is 0 Å². The molecule has 8 heteroatoms. The fraction of sp³-hybridized carbons (Fsp3) is 0.500. The summed E-state index contributed by atoms with van der Waals surface area (Å²) in [6.07, 6.45) is -7.71. The third kappa shape index (κ3) is 4.03.